The van der Waals surface area contributed by atoms with E-state index in [2.05, 4.69) is 48.4 Å². The van der Waals surface area contributed by atoms with Gasteiger partial charge in [-0.15, -0.1) is 0 Å². The third kappa shape index (κ3) is 3.43. The summed E-state index contributed by atoms with van der Waals surface area (Å²) in [7, 11) is 0. The van der Waals surface area contributed by atoms with E-state index in [1.165, 1.54) is 18.4 Å². The Morgan fingerprint density at radius 1 is 1.36 bits per heavy atom. The summed E-state index contributed by atoms with van der Waals surface area (Å²) >= 11 is 0. The highest BCUT2D eigenvalue weighted by atomic mass is 16.5. The molecule has 1 aromatic carbocycles. The summed E-state index contributed by atoms with van der Waals surface area (Å²) in [5, 5.41) is 12.0. The normalized spacial score (nSPS) is 22.4. The monoisotopic (exact) mass is 301 g/mol. The quantitative estimate of drug-likeness (QED) is 0.883. The second-order valence-corrected chi connectivity index (χ2v) is 6.93. The highest BCUT2D eigenvalue weighted by Crippen LogP contribution is 2.30. The first-order chi connectivity index (χ1) is 10.6. The van der Waals surface area contributed by atoms with Gasteiger partial charge in [-0.1, -0.05) is 13.8 Å². The van der Waals surface area contributed by atoms with Gasteiger partial charge in [-0.3, -0.25) is 5.10 Å². The lowest BCUT2D eigenvalue weighted by atomic mass is 9.92. The van der Waals surface area contributed by atoms with Gasteiger partial charge in [-0.2, -0.15) is 5.10 Å². The number of ether oxygens (including phenoxy) is 1. The Morgan fingerprint density at radius 3 is 3.05 bits per heavy atom. The van der Waals surface area contributed by atoms with E-state index in [9.17, 15) is 0 Å². The molecular formula is C18H27N3O. The van der Waals surface area contributed by atoms with Crippen LogP contribution in [0.2, 0.25) is 0 Å². The van der Waals surface area contributed by atoms with Crippen molar-refractivity contribution in [2.75, 3.05) is 6.54 Å². The van der Waals surface area contributed by atoms with Crippen LogP contribution in [0.25, 0.3) is 10.9 Å². The Kier molecular flexibility index (Phi) is 4.67. The number of hydrogen-bond donors (Lipinski definition) is 2. The zero-order valence-corrected chi connectivity index (χ0v) is 13.9. The average Bonchev–Trinajstić information content (AvgIpc) is 2.98. The van der Waals surface area contributed by atoms with E-state index in [0.29, 0.717) is 18.1 Å². The molecule has 0 bridgehead atoms. The molecule has 0 spiro atoms. The number of fused-ring (bicyclic) bond motifs is 1. The minimum Gasteiger partial charge on any atom is -0.490 e. The van der Waals surface area contributed by atoms with Gasteiger partial charge in [-0.05, 0) is 57.2 Å². The van der Waals surface area contributed by atoms with Gasteiger partial charge in [0.05, 0.1) is 11.7 Å². The van der Waals surface area contributed by atoms with E-state index in [-0.39, 0.29) is 0 Å². The second-order valence-electron chi connectivity index (χ2n) is 6.93. The molecule has 1 aromatic heterocycles. The number of H-pyrrole nitrogens is 1. The summed E-state index contributed by atoms with van der Waals surface area (Å²) in [4.78, 5) is 0. The maximum Gasteiger partial charge on any atom is 0.123 e. The third-order valence-electron chi connectivity index (χ3n) is 4.58. The van der Waals surface area contributed by atoms with Crippen molar-refractivity contribution in [2.24, 2.45) is 5.92 Å². The van der Waals surface area contributed by atoms with Crippen molar-refractivity contribution in [3.05, 3.63) is 23.9 Å². The van der Waals surface area contributed by atoms with Crippen LogP contribution >= 0.6 is 0 Å². The predicted molar refractivity (Wildman–Crippen MR) is 90.3 cm³/mol. The molecule has 2 atom stereocenters. The number of aromatic nitrogens is 2. The number of nitrogens with zero attached hydrogens (tertiary/aromatic N) is 1. The topological polar surface area (TPSA) is 49.9 Å². The Balaban J connectivity index is 1.65. The molecule has 1 heterocycles. The third-order valence-corrected chi connectivity index (χ3v) is 4.58. The van der Waals surface area contributed by atoms with E-state index in [1.54, 1.807) is 0 Å². The minimum absolute atomic E-state index is 0.321. The molecule has 22 heavy (non-hydrogen) atoms. The zero-order valence-electron chi connectivity index (χ0n) is 13.9. The first kappa shape index (κ1) is 15.3. The van der Waals surface area contributed by atoms with Crippen molar-refractivity contribution >= 4 is 10.9 Å². The standard InChI is InChI=1S/C18H27N3O/c1-12(2)10-19-14-5-4-6-15(9-14)22-18-8-7-17-16(13(18)3)11-20-21-17/h7-8,11-12,14-15,19H,4-6,9-10H2,1-3H3,(H,20,21)/t14-,15+/m1/s1. The largest absolute Gasteiger partial charge is 0.490 e. The molecule has 3 rings (SSSR count). The Bertz CT molecular complexity index is 620. The van der Waals surface area contributed by atoms with Crippen molar-refractivity contribution in [1.82, 2.24) is 15.5 Å². The van der Waals surface area contributed by atoms with Gasteiger partial charge >= 0.3 is 0 Å². The molecular weight excluding hydrogens is 274 g/mol. The van der Waals surface area contributed by atoms with Crippen molar-refractivity contribution in [2.45, 2.75) is 58.6 Å². The van der Waals surface area contributed by atoms with Gasteiger partial charge in [-0.25, -0.2) is 0 Å². The summed E-state index contributed by atoms with van der Waals surface area (Å²) in [5.41, 5.74) is 2.26. The maximum atomic E-state index is 6.32. The van der Waals surface area contributed by atoms with Gasteiger partial charge in [0, 0.05) is 17.0 Å². The SMILES string of the molecule is Cc1c(O[C@H]2CCC[C@@H](NCC(C)C)C2)ccc2[nH]ncc12. The summed E-state index contributed by atoms with van der Waals surface area (Å²) in [6, 6.07) is 4.72. The van der Waals surface area contributed by atoms with Gasteiger partial charge in [0.2, 0.25) is 0 Å². The van der Waals surface area contributed by atoms with Crippen LogP contribution in [0.3, 0.4) is 0 Å². The van der Waals surface area contributed by atoms with Gasteiger partial charge in [0.15, 0.2) is 0 Å². The van der Waals surface area contributed by atoms with Crippen molar-refractivity contribution in [1.29, 1.82) is 0 Å². The fourth-order valence-electron chi connectivity index (χ4n) is 3.29. The molecule has 2 N–H and O–H groups in total. The average molecular weight is 301 g/mol. The van der Waals surface area contributed by atoms with Crippen LogP contribution in [0.15, 0.2) is 18.3 Å². The van der Waals surface area contributed by atoms with E-state index < -0.39 is 0 Å². The Hall–Kier alpha value is -1.55. The van der Waals surface area contributed by atoms with Crippen molar-refractivity contribution in [3.8, 4) is 5.75 Å². The number of aromatic amines is 1. The van der Waals surface area contributed by atoms with Crippen LogP contribution < -0.4 is 10.1 Å². The highest BCUT2D eigenvalue weighted by Gasteiger charge is 2.23. The van der Waals surface area contributed by atoms with E-state index in [4.69, 9.17) is 4.74 Å². The van der Waals surface area contributed by atoms with Crippen LogP contribution in [0.1, 0.15) is 45.1 Å². The molecule has 120 valence electrons. The van der Waals surface area contributed by atoms with Gasteiger partial charge in [0.1, 0.15) is 11.9 Å². The lowest BCUT2D eigenvalue weighted by Crippen LogP contribution is -2.39. The predicted octanol–water partition coefficient (Wildman–Crippen LogP) is 3.81. The summed E-state index contributed by atoms with van der Waals surface area (Å²) in [5.74, 6) is 1.70. The molecule has 1 aliphatic carbocycles. The Morgan fingerprint density at radius 2 is 2.23 bits per heavy atom. The highest BCUT2D eigenvalue weighted by molar-refractivity contribution is 5.83. The molecule has 2 aromatic rings. The molecule has 1 saturated carbocycles. The number of rotatable bonds is 5. The molecule has 4 nitrogen and oxygen atoms in total. The summed E-state index contributed by atoms with van der Waals surface area (Å²) in [6.45, 7) is 7.72. The fraction of sp³-hybridized carbons (Fsp3) is 0.611. The van der Waals surface area contributed by atoms with Crippen LogP contribution in [0.4, 0.5) is 0 Å². The van der Waals surface area contributed by atoms with Crippen LogP contribution in [-0.2, 0) is 0 Å². The van der Waals surface area contributed by atoms with Gasteiger partial charge in [0.25, 0.3) is 0 Å². The number of hydrogen-bond acceptors (Lipinski definition) is 3. The lowest BCUT2D eigenvalue weighted by molar-refractivity contribution is 0.133. The first-order valence-electron chi connectivity index (χ1n) is 8.46. The molecule has 0 unspecified atom stereocenters. The number of aryl methyl sites for hydroxylation is 1. The number of benzene rings is 1. The molecule has 0 amide bonds. The smallest absolute Gasteiger partial charge is 0.123 e. The minimum atomic E-state index is 0.321. The summed E-state index contributed by atoms with van der Waals surface area (Å²) in [6.07, 6.45) is 6.98. The van der Waals surface area contributed by atoms with E-state index in [1.807, 2.05) is 6.20 Å². The van der Waals surface area contributed by atoms with Crippen LogP contribution in [0.5, 0.6) is 5.75 Å². The summed E-state index contributed by atoms with van der Waals surface area (Å²) < 4.78 is 6.32. The zero-order chi connectivity index (χ0) is 15.5. The van der Waals surface area contributed by atoms with Crippen molar-refractivity contribution in [3.63, 3.8) is 0 Å². The molecule has 0 radical (unpaired) electrons. The van der Waals surface area contributed by atoms with Crippen LogP contribution in [-0.4, -0.2) is 28.9 Å². The lowest BCUT2D eigenvalue weighted by Gasteiger charge is -2.31. The Labute approximate surface area is 132 Å². The molecule has 1 fully saturated rings. The molecule has 4 heteroatoms. The first-order valence-corrected chi connectivity index (χ1v) is 8.46. The second kappa shape index (κ2) is 6.69. The molecule has 0 aliphatic heterocycles. The van der Waals surface area contributed by atoms with Gasteiger partial charge < -0.3 is 10.1 Å². The fourth-order valence-corrected chi connectivity index (χ4v) is 3.29. The molecule has 1 aliphatic rings. The van der Waals surface area contributed by atoms with Crippen molar-refractivity contribution < 1.29 is 4.74 Å². The maximum absolute atomic E-state index is 6.32. The van der Waals surface area contributed by atoms with E-state index >= 15 is 0 Å². The van der Waals surface area contributed by atoms with Crippen LogP contribution in [0, 0.1) is 12.8 Å². The molecule has 0 saturated heterocycles. The van der Waals surface area contributed by atoms with E-state index in [0.717, 1.165) is 36.0 Å². The number of nitrogens with one attached hydrogen (secondary N) is 2.